The Kier molecular flexibility index (Phi) is 11.7. The van der Waals surface area contributed by atoms with Crippen molar-refractivity contribution in [3.8, 4) is 0 Å². The molecule has 0 radical (unpaired) electrons. The Morgan fingerprint density at radius 2 is 2.00 bits per heavy atom. The van der Waals surface area contributed by atoms with Gasteiger partial charge in [-0.2, -0.15) is 0 Å². The van der Waals surface area contributed by atoms with Crippen molar-refractivity contribution < 1.29 is 9.47 Å². The summed E-state index contributed by atoms with van der Waals surface area (Å²) in [4.78, 5) is 4.25. The second-order valence-electron chi connectivity index (χ2n) is 4.77. The summed E-state index contributed by atoms with van der Waals surface area (Å²) in [6.45, 7) is 12.1. The summed E-state index contributed by atoms with van der Waals surface area (Å²) in [6, 6.07) is 0. The smallest absolute Gasteiger partial charge is 0.188 e. The third-order valence-corrected chi connectivity index (χ3v) is 2.79. The lowest BCUT2D eigenvalue weighted by Gasteiger charge is -2.20. The molecule has 0 spiro atoms. The molecular weight excluding hydrogens is 242 g/mol. The van der Waals surface area contributed by atoms with E-state index in [1.807, 2.05) is 13.8 Å². The fourth-order valence-electron chi connectivity index (χ4n) is 1.73. The first kappa shape index (κ1) is 18.2. The number of guanidine groups is 1. The monoisotopic (exact) mass is 273 g/mol. The zero-order chi connectivity index (χ0) is 14.5. The van der Waals surface area contributed by atoms with Crippen molar-refractivity contribution in [1.29, 1.82) is 0 Å². The number of hydrogen-bond acceptors (Lipinski definition) is 3. The van der Waals surface area contributed by atoms with Gasteiger partial charge in [0, 0.05) is 32.9 Å². The van der Waals surface area contributed by atoms with Gasteiger partial charge in [-0.05, 0) is 32.6 Å². The van der Waals surface area contributed by atoms with Crippen molar-refractivity contribution in [1.82, 2.24) is 5.32 Å². The second-order valence-corrected chi connectivity index (χ2v) is 4.77. The topological polar surface area (TPSA) is 68.9 Å². The zero-order valence-electron chi connectivity index (χ0n) is 12.9. The number of hydrogen-bond donors (Lipinski definition) is 2. The van der Waals surface area contributed by atoms with Gasteiger partial charge in [-0.1, -0.05) is 13.8 Å². The highest BCUT2D eigenvalue weighted by Gasteiger charge is 2.12. The van der Waals surface area contributed by atoms with Crippen LogP contribution in [0.25, 0.3) is 0 Å². The summed E-state index contributed by atoms with van der Waals surface area (Å²) in [7, 11) is 0. The van der Waals surface area contributed by atoms with Crippen LogP contribution in [-0.2, 0) is 9.47 Å². The Labute approximate surface area is 117 Å². The maximum atomic E-state index is 5.78. The molecule has 1 atom stereocenters. The van der Waals surface area contributed by atoms with Crippen LogP contribution in [0.4, 0.5) is 0 Å². The minimum Gasteiger partial charge on any atom is -0.382 e. The Bertz CT molecular complexity index is 233. The van der Waals surface area contributed by atoms with Gasteiger partial charge in [-0.25, -0.2) is 0 Å². The molecule has 0 aromatic heterocycles. The van der Waals surface area contributed by atoms with Crippen molar-refractivity contribution in [3.05, 3.63) is 0 Å². The number of nitrogens with two attached hydrogens (primary N) is 1. The predicted octanol–water partition coefficient (Wildman–Crippen LogP) is 1.77. The average molecular weight is 273 g/mol. The minimum atomic E-state index is 0.281. The van der Waals surface area contributed by atoms with Crippen LogP contribution in [0.5, 0.6) is 0 Å². The normalized spacial score (nSPS) is 13.8. The summed E-state index contributed by atoms with van der Waals surface area (Å²) in [6.07, 6.45) is 2.13. The highest BCUT2D eigenvalue weighted by molar-refractivity contribution is 5.77. The first-order valence-electron chi connectivity index (χ1n) is 7.34. The van der Waals surface area contributed by atoms with Crippen molar-refractivity contribution in [2.45, 2.75) is 46.6 Å². The molecule has 0 aliphatic heterocycles. The van der Waals surface area contributed by atoms with E-state index in [9.17, 15) is 0 Å². The SMILES string of the molecule is CCOCCCN=C(N)NCCC(OCC)C(C)C. The maximum absolute atomic E-state index is 5.78. The number of nitrogens with one attached hydrogen (secondary N) is 1. The highest BCUT2D eigenvalue weighted by atomic mass is 16.5. The molecule has 0 bridgehead atoms. The van der Waals surface area contributed by atoms with Crippen molar-refractivity contribution in [2.75, 3.05) is 32.9 Å². The number of ether oxygens (including phenoxy) is 2. The number of rotatable bonds is 11. The molecule has 5 nitrogen and oxygen atoms in total. The molecule has 114 valence electrons. The van der Waals surface area contributed by atoms with E-state index in [1.54, 1.807) is 0 Å². The molecule has 0 aromatic rings. The maximum Gasteiger partial charge on any atom is 0.188 e. The lowest BCUT2D eigenvalue weighted by Crippen LogP contribution is -2.35. The van der Waals surface area contributed by atoms with Crippen LogP contribution < -0.4 is 11.1 Å². The van der Waals surface area contributed by atoms with Gasteiger partial charge in [0.05, 0.1) is 6.10 Å². The van der Waals surface area contributed by atoms with Crippen molar-refractivity contribution in [3.63, 3.8) is 0 Å². The molecule has 5 heteroatoms. The Balaban J connectivity index is 3.70. The lowest BCUT2D eigenvalue weighted by atomic mass is 10.0. The van der Waals surface area contributed by atoms with Crippen LogP contribution in [0.3, 0.4) is 0 Å². The van der Waals surface area contributed by atoms with Gasteiger partial charge in [-0.15, -0.1) is 0 Å². The third kappa shape index (κ3) is 10.8. The van der Waals surface area contributed by atoms with Crippen LogP contribution in [-0.4, -0.2) is 45.0 Å². The van der Waals surface area contributed by atoms with Crippen LogP contribution >= 0.6 is 0 Å². The van der Waals surface area contributed by atoms with E-state index < -0.39 is 0 Å². The van der Waals surface area contributed by atoms with Crippen molar-refractivity contribution >= 4 is 5.96 Å². The van der Waals surface area contributed by atoms with Gasteiger partial charge in [0.25, 0.3) is 0 Å². The standard InChI is InChI=1S/C14H31N3O2/c1-5-18-11-7-9-16-14(15)17-10-8-13(12(3)4)19-6-2/h12-13H,5-11H2,1-4H3,(H3,15,16,17). The third-order valence-electron chi connectivity index (χ3n) is 2.79. The lowest BCUT2D eigenvalue weighted by molar-refractivity contribution is 0.0258. The molecule has 19 heavy (non-hydrogen) atoms. The molecule has 0 amide bonds. The molecule has 0 saturated heterocycles. The summed E-state index contributed by atoms with van der Waals surface area (Å²) in [5, 5.41) is 3.12. The molecule has 0 aromatic carbocycles. The van der Waals surface area contributed by atoms with Gasteiger partial charge >= 0.3 is 0 Å². The Morgan fingerprint density at radius 3 is 2.58 bits per heavy atom. The summed E-state index contributed by atoms with van der Waals surface area (Å²) in [5.74, 6) is 1.03. The first-order chi connectivity index (χ1) is 9.11. The molecule has 0 fully saturated rings. The fourth-order valence-corrected chi connectivity index (χ4v) is 1.73. The number of nitrogens with zero attached hydrogens (tertiary/aromatic N) is 1. The number of aliphatic imine (C=N–C) groups is 1. The van der Waals surface area contributed by atoms with Gasteiger partial charge in [0.15, 0.2) is 5.96 Å². The summed E-state index contributed by atoms with van der Waals surface area (Å²) < 4.78 is 10.9. The molecule has 0 aliphatic rings. The predicted molar refractivity (Wildman–Crippen MR) is 80.5 cm³/mol. The van der Waals surface area contributed by atoms with Crippen LogP contribution in [0, 0.1) is 5.92 Å². The fraction of sp³-hybridized carbons (Fsp3) is 0.929. The van der Waals surface area contributed by atoms with E-state index in [2.05, 4.69) is 24.2 Å². The molecule has 3 N–H and O–H groups in total. The van der Waals surface area contributed by atoms with Crippen LogP contribution in [0.15, 0.2) is 4.99 Å². The quantitative estimate of drug-likeness (QED) is 0.342. The molecule has 1 unspecified atom stereocenters. The second kappa shape index (κ2) is 12.2. The van der Waals surface area contributed by atoms with E-state index >= 15 is 0 Å². The molecular formula is C14H31N3O2. The van der Waals surface area contributed by atoms with Gasteiger partial charge in [0.2, 0.25) is 0 Å². The average Bonchev–Trinajstić information content (AvgIpc) is 2.37. The highest BCUT2D eigenvalue weighted by Crippen LogP contribution is 2.09. The van der Waals surface area contributed by atoms with Gasteiger partial charge < -0.3 is 20.5 Å². The molecule has 0 aliphatic carbocycles. The van der Waals surface area contributed by atoms with Crippen LogP contribution in [0.1, 0.15) is 40.5 Å². The van der Waals surface area contributed by atoms with Crippen LogP contribution in [0.2, 0.25) is 0 Å². The molecule has 0 saturated carbocycles. The van der Waals surface area contributed by atoms with Crippen molar-refractivity contribution in [2.24, 2.45) is 16.6 Å². The first-order valence-corrected chi connectivity index (χ1v) is 7.34. The summed E-state index contributed by atoms with van der Waals surface area (Å²) in [5.41, 5.74) is 5.78. The zero-order valence-corrected chi connectivity index (χ0v) is 12.9. The van der Waals surface area contributed by atoms with E-state index in [0.717, 1.165) is 39.2 Å². The van der Waals surface area contributed by atoms with E-state index in [1.165, 1.54) is 0 Å². The summed E-state index contributed by atoms with van der Waals surface area (Å²) >= 11 is 0. The van der Waals surface area contributed by atoms with Gasteiger partial charge in [0.1, 0.15) is 0 Å². The molecule has 0 rings (SSSR count). The Hall–Kier alpha value is -0.810. The Morgan fingerprint density at radius 1 is 1.26 bits per heavy atom. The largest absolute Gasteiger partial charge is 0.382 e. The minimum absolute atomic E-state index is 0.281. The molecule has 0 heterocycles. The van der Waals surface area contributed by atoms with Gasteiger partial charge in [-0.3, -0.25) is 4.99 Å². The van der Waals surface area contributed by atoms with E-state index in [4.69, 9.17) is 15.2 Å². The van der Waals surface area contributed by atoms with E-state index in [-0.39, 0.29) is 6.10 Å². The van der Waals surface area contributed by atoms with E-state index in [0.29, 0.717) is 18.4 Å².